The highest BCUT2D eigenvalue weighted by Gasteiger charge is 2.56. The van der Waals surface area contributed by atoms with Crippen molar-refractivity contribution < 1.29 is 27.6 Å². The Morgan fingerprint density at radius 2 is 2.13 bits per heavy atom. The number of aromatic nitrogens is 1. The molecule has 1 aromatic heterocycles. The predicted octanol–water partition coefficient (Wildman–Crippen LogP) is 1.81. The minimum absolute atomic E-state index is 0.220. The van der Waals surface area contributed by atoms with Crippen LogP contribution < -0.4 is 0 Å². The maximum atomic E-state index is 12.1. The van der Waals surface area contributed by atoms with Gasteiger partial charge in [-0.05, 0) is 12.8 Å². The summed E-state index contributed by atoms with van der Waals surface area (Å²) in [4.78, 5) is 10.8. The summed E-state index contributed by atoms with van der Waals surface area (Å²) in [7, 11) is 0. The molecular weight excluding hydrogens is 215 g/mol. The molecule has 1 aliphatic carbocycles. The lowest BCUT2D eigenvalue weighted by Crippen LogP contribution is -2.18. The molecule has 0 atom stereocenters. The lowest BCUT2D eigenvalue weighted by atomic mass is 10.0. The molecule has 0 spiro atoms. The van der Waals surface area contributed by atoms with Crippen molar-refractivity contribution in [3.05, 3.63) is 17.5 Å². The maximum absolute atomic E-state index is 12.1. The van der Waals surface area contributed by atoms with E-state index in [0.29, 0.717) is 6.07 Å². The van der Waals surface area contributed by atoms with E-state index in [0.717, 1.165) is 0 Å². The number of hydrogen-bond donors (Lipinski definition) is 1. The van der Waals surface area contributed by atoms with Crippen LogP contribution in [0.5, 0.6) is 0 Å². The molecule has 15 heavy (non-hydrogen) atoms. The average Bonchev–Trinajstić information content (AvgIpc) is 2.75. The summed E-state index contributed by atoms with van der Waals surface area (Å²) in [6.07, 6.45) is -4.03. The van der Waals surface area contributed by atoms with Crippen LogP contribution in [0.4, 0.5) is 13.2 Å². The van der Waals surface area contributed by atoms with Gasteiger partial charge in [-0.2, -0.15) is 13.2 Å². The van der Waals surface area contributed by atoms with Crippen molar-refractivity contribution >= 4 is 5.97 Å². The molecule has 0 bridgehead atoms. The van der Waals surface area contributed by atoms with E-state index in [4.69, 9.17) is 5.11 Å². The minimum Gasteiger partial charge on any atom is -0.480 e. The topological polar surface area (TPSA) is 63.3 Å². The molecule has 7 heteroatoms. The van der Waals surface area contributed by atoms with Crippen molar-refractivity contribution in [1.29, 1.82) is 0 Å². The van der Waals surface area contributed by atoms with E-state index in [1.807, 2.05) is 0 Å². The second-order valence-corrected chi connectivity index (χ2v) is 3.46. The van der Waals surface area contributed by atoms with Gasteiger partial charge in [-0.1, -0.05) is 5.16 Å². The van der Waals surface area contributed by atoms with Gasteiger partial charge in [-0.25, -0.2) is 0 Å². The zero-order valence-corrected chi connectivity index (χ0v) is 7.34. The fraction of sp³-hybridized carbons (Fsp3) is 0.500. The summed E-state index contributed by atoms with van der Waals surface area (Å²) in [5, 5.41) is 11.6. The summed E-state index contributed by atoms with van der Waals surface area (Å²) in [5.74, 6) is -1.39. The number of aliphatic carboxylic acids is 1. The fourth-order valence-corrected chi connectivity index (χ4v) is 1.32. The predicted molar refractivity (Wildman–Crippen MR) is 40.1 cm³/mol. The van der Waals surface area contributed by atoms with E-state index in [1.165, 1.54) is 0 Å². The molecule has 0 aliphatic heterocycles. The number of hydrogen-bond acceptors (Lipinski definition) is 3. The molecule has 1 saturated carbocycles. The maximum Gasteiger partial charge on any atom is 0.436 e. The second kappa shape index (κ2) is 2.74. The molecule has 1 aliphatic rings. The first kappa shape index (κ1) is 10.0. The largest absolute Gasteiger partial charge is 0.480 e. The summed E-state index contributed by atoms with van der Waals surface area (Å²) in [5.41, 5.74) is -2.47. The molecule has 1 heterocycles. The van der Waals surface area contributed by atoms with Gasteiger partial charge in [-0.3, -0.25) is 4.79 Å². The Kier molecular flexibility index (Phi) is 1.83. The number of alkyl halides is 3. The summed E-state index contributed by atoms with van der Waals surface area (Å²) in [6, 6.07) is 0.654. The van der Waals surface area contributed by atoms with Gasteiger partial charge in [0.15, 0.2) is 11.5 Å². The summed E-state index contributed by atoms with van der Waals surface area (Å²) >= 11 is 0. The van der Waals surface area contributed by atoms with E-state index in [1.54, 1.807) is 0 Å². The first-order chi connectivity index (χ1) is 6.86. The number of carboxylic acid groups (broad SMARTS) is 1. The quantitative estimate of drug-likeness (QED) is 0.827. The highest BCUT2D eigenvalue weighted by atomic mass is 19.4. The van der Waals surface area contributed by atoms with Gasteiger partial charge in [-0.15, -0.1) is 0 Å². The molecule has 4 nitrogen and oxygen atoms in total. The lowest BCUT2D eigenvalue weighted by Gasteiger charge is -2.02. The summed E-state index contributed by atoms with van der Waals surface area (Å²) < 4.78 is 40.9. The van der Waals surface area contributed by atoms with Gasteiger partial charge < -0.3 is 9.63 Å². The molecule has 0 radical (unpaired) electrons. The Bertz CT molecular complexity index is 406. The van der Waals surface area contributed by atoms with Crippen LogP contribution in [0.15, 0.2) is 10.6 Å². The minimum atomic E-state index is -4.60. The zero-order valence-electron chi connectivity index (χ0n) is 7.34. The van der Waals surface area contributed by atoms with E-state index < -0.39 is 23.3 Å². The normalized spacial score (nSPS) is 18.9. The van der Waals surface area contributed by atoms with Crippen LogP contribution in [0.1, 0.15) is 24.3 Å². The molecule has 82 valence electrons. The Hall–Kier alpha value is -1.53. The molecule has 1 N–H and O–H groups in total. The third-order valence-electron chi connectivity index (χ3n) is 2.43. The third-order valence-corrected chi connectivity index (χ3v) is 2.43. The number of halogens is 3. The number of carboxylic acids is 1. The fourth-order valence-electron chi connectivity index (χ4n) is 1.32. The van der Waals surface area contributed by atoms with Crippen LogP contribution >= 0.6 is 0 Å². The molecule has 1 fully saturated rings. The van der Waals surface area contributed by atoms with E-state index in [2.05, 4.69) is 9.68 Å². The smallest absolute Gasteiger partial charge is 0.436 e. The Morgan fingerprint density at radius 3 is 2.47 bits per heavy atom. The van der Waals surface area contributed by atoms with Gasteiger partial charge in [0.05, 0.1) is 0 Å². The van der Waals surface area contributed by atoms with Gasteiger partial charge in [0.25, 0.3) is 0 Å². The van der Waals surface area contributed by atoms with Crippen LogP contribution in [0, 0.1) is 0 Å². The first-order valence-corrected chi connectivity index (χ1v) is 4.14. The molecule has 0 aromatic carbocycles. The van der Waals surface area contributed by atoms with Gasteiger partial charge >= 0.3 is 12.1 Å². The van der Waals surface area contributed by atoms with Crippen LogP contribution in [0.2, 0.25) is 0 Å². The van der Waals surface area contributed by atoms with Crippen molar-refractivity contribution in [2.24, 2.45) is 0 Å². The average molecular weight is 221 g/mol. The number of rotatable bonds is 2. The molecule has 1 aromatic rings. The molecule has 0 saturated heterocycles. The number of carbonyl (C=O) groups is 1. The Morgan fingerprint density at radius 1 is 1.53 bits per heavy atom. The van der Waals surface area contributed by atoms with Crippen molar-refractivity contribution in [2.75, 3.05) is 0 Å². The Balaban J connectivity index is 2.33. The van der Waals surface area contributed by atoms with Crippen molar-refractivity contribution in [2.45, 2.75) is 24.4 Å². The number of nitrogens with zero attached hydrogens (tertiary/aromatic N) is 1. The highest BCUT2D eigenvalue weighted by molar-refractivity contribution is 5.83. The molecule has 0 amide bonds. The van der Waals surface area contributed by atoms with Gasteiger partial charge in [0, 0.05) is 6.07 Å². The Labute approximate surface area is 81.7 Å². The third kappa shape index (κ3) is 1.47. The van der Waals surface area contributed by atoms with Crippen molar-refractivity contribution in [1.82, 2.24) is 5.16 Å². The van der Waals surface area contributed by atoms with E-state index in [9.17, 15) is 18.0 Å². The van der Waals surface area contributed by atoms with E-state index in [-0.39, 0.29) is 18.6 Å². The van der Waals surface area contributed by atoms with Crippen LogP contribution in [0.25, 0.3) is 0 Å². The van der Waals surface area contributed by atoms with Crippen LogP contribution in [0.3, 0.4) is 0 Å². The zero-order chi connectivity index (χ0) is 11.3. The highest BCUT2D eigenvalue weighted by Crippen LogP contribution is 2.49. The molecular formula is C8H6F3NO3. The standard InChI is InChI=1S/C8H6F3NO3/c9-8(10,11)4-3-5(15-12-4)7(1-2-7)6(13)14/h3H,1-2H2,(H,13,14). The second-order valence-electron chi connectivity index (χ2n) is 3.46. The van der Waals surface area contributed by atoms with Crippen LogP contribution in [-0.2, 0) is 16.4 Å². The molecule has 2 rings (SSSR count). The van der Waals surface area contributed by atoms with Gasteiger partial charge in [0.2, 0.25) is 0 Å². The SMILES string of the molecule is O=C(O)C1(c2cc(C(F)(F)F)no2)CC1. The lowest BCUT2D eigenvalue weighted by molar-refractivity contribution is -0.142. The van der Waals surface area contributed by atoms with Crippen molar-refractivity contribution in [3.63, 3.8) is 0 Å². The monoisotopic (exact) mass is 221 g/mol. The molecule has 0 unspecified atom stereocenters. The van der Waals surface area contributed by atoms with Crippen LogP contribution in [-0.4, -0.2) is 16.2 Å². The van der Waals surface area contributed by atoms with E-state index >= 15 is 0 Å². The van der Waals surface area contributed by atoms with Crippen molar-refractivity contribution in [3.8, 4) is 0 Å². The first-order valence-electron chi connectivity index (χ1n) is 4.14. The van der Waals surface area contributed by atoms with Gasteiger partial charge in [0.1, 0.15) is 5.41 Å². The summed E-state index contributed by atoms with van der Waals surface area (Å²) in [6.45, 7) is 0.